The molecule has 0 unspecified atom stereocenters. The molecule has 7 nitrogen and oxygen atoms in total. The van der Waals surface area contributed by atoms with Gasteiger partial charge in [0, 0.05) is 19.3 Å². The van der Waals surface area contributed by atoms with Crippen LogP contribution in [0.4, 0.5) is 4.79 Å². The summed E-state index contributed by atoms with van der Waals surface area (Å²) in [5.74, 6) is -0.275. The molecule has 0 spiro atoms. The Morgan fingerprint density at radius 3 is 2.75 bits per heavy atom. The van der Waals surface area contributed by atoms with Crippen molar-refractivity contribution in [3.05, 3.63) is 20.0 Å². The highest BCUT2D eigenvalue weighted by atomic mass is 127. The molecule has 1 fully saturated rings. The number of halogens is 2. The minimum atomic E-state index is -0.359. The third-order valence-corrected chi connectivity index (χ3v) is 6.03. The van der Waals surface area contributed by atoms with Crippen molar-refractivity contribution in [2.45, 2.75) is 32.4 Å². The quantitative estimate of drug-likeness (QED) is 0.664. The van der Waals surface area contributed by atoms with Crippen LogP contribution >= 0.6 is 34.2 Å². The molecule has 134 valence electrons. The summed E-state index contributed by atoms with van der Waals surface area (Å²) in [5, 5.41) is 3.37. The number of likely N-dealkylation sites (tertiary alicyclic amines) is 1. The maximum absolute atomic E-state index is 12.5. The summed E-state index contributed by atoms with van der Waals surface area (Å²) in [5.41, 5.74) is 1.20. The molecule has 0 aromatic carbocycles. The average Bonchev–Trinajstić information content (AvgIpc) is 2.83. The first kappa shape index (κ1) is 19.3. The highest BCUT2D eigenvalue weighted by molar-refractivity contribution is 14.1. The monoisotopic (exact) mass is 469 g/mol. The first-order valence-corrected chi connectivity index (χ1v) is 9.13. The molecule has 24 heavy (non-hydrogen) atoms. The number of hydrogen-bond acceptors (Lipinski definition) is 4. The molecule has 0 radical (unpaired) electrons. The van der Waals surface area contributed by atoms with Crippen LogP contribution < -0.4 is 5.32 Å². The summed E-state index contributed by atoms with van der Waals surface area (Å²) in [6.45, 7) is 4.83. The SMILES string of the molecule is CCOC(=O)N1CC[C@H](NC(=O)c2[nH]c(C)c(I)c2Cl)[C@H](OC)C1. The summed E-state index contributed by atoms with van der Waals surface area (Å²) < 4.78 is 11.3. The van der Waals surface area contributed by atoms with Crippen LogP contribution in [-0.2, 0) is 9.47 Å². The van der Waals surface area contributed by atoms with Gasteiger partial charge in [0.1, 0.15) is 5.69 Å². The van der Waals surface area contributed by atoms with Crippen LogP contribution in [0.3, 0.4) is 0 Å². The number of rotatable bonds is 4. The van der Waals surface area contributed by atoms with Crippen molar-refractivity contribution in [1.82, 2.24) is 15.2 Å². The Kier molecular flexibility index (Phi) is 6.76. The van der Waals surface area contributed by atoms with Crippen molar-refractivity contribution in [3.63, 3.8) is 0 Å². The third kappa shape index (κ3) is 4.15. The minimum absolute atomic E-state index is 0.203. The van der Waals surface area contributed by atoms with Crippen LogP contribution in [0.15, 0.2) is 0 Å². The molecular weight excluding hydrogens is 449 g/mol. The topological polar surface area (TPSA) is 83.7 Å². The second kappa shape index (κ2) is 8.39. The van der Waals surface area contributed by atoms with Crippen LogP contribution in [0, 0.1) is 10.5 Å². The number of carbonyl (C=O) groups is 2. The summed E-state index contributed by atoms with van der Waals surface area (Å²) in [7, 11) is 1.56. The van der Waals surface area contributed by atoms with E-state index in [1.807, 2.05) is 6.92 Å². The molecule has 0 saturated carbocycles. The maximum atomic E-state index is 12.5. The molecule has 1 aliphatic heterocycles. The fourth-order valence-corrected chi connectivity index (χ4v) is 3.35. The molecule has 0 bridgehead atoms. The van der Waals surface area contributed by atoms with Crippen LogP contribution in [0.25, 0.3) is 0 Å². The van der Waals surface area contributed by atoms with E-state index in [-0.39, 0.29) is 24.1 Å². The van der Waals surface area contributed by atoms with E-state index in [1.54, 1.807) is 18.9 Å². The number of carbonyl (C=O) groups excluding carboxylic acids is 2. The van der Waals surface area contributed by atoms with E-state index in [1.165, 1.54) is 0 Å². The molecular formula is C15H21ClIN3O4. The van der Waals surface area contributed by atoms with Crippen molar-refractivity contribution in [3.8, 4) is 0 Å². The highest BCUT2D eigenvalue weighted by Crippen LogP contribution is 2.26. The Bertz CT molecular complexity index is 622. The van der Waals surface area contributed by atoms with Gasteiger partial charge in [-0.05, 0) is 42.9 Å². The normalized spacial score (nSPS) is 20.8. The van der Waals surface area contributed by atoms with E-state index >= 15 is 0 Å². The van der Waals surface area contributed by atoms with Crippen molar-refractivity contribution in [2.75, 3.05) is 26.8 Å². The maximum Gasteiger partial charge on any atom is 0.409 e. The molecule has 1 aromatic heterocycles. The van der Waals surface area contributed by atoms with Gasteiger partial charge in [0.2, 0.25) is 0 Å². The number of aromatic amines is 1. The highest BCUT2D eigenvalue weighted by Gasteiger charge is 2.34. The third-order valence-electron chi connectivity index (χ3n) is 3.99. The van der Waals surface area contributed by atoms with Gasteiger partial charge >= 0.3 is 6.09 Å². The predicted octanol–water partition coefficient (Wildman–Crippen LogP) is 2.56. The van der Waals surface area contributed by atoms with E-state index in [0.29, 0.717) is 36.8 Å². The van der Waals surface area contributed by atoms with Gasteiger partial charge in [-0.1, -0.05) is 11.6 Å². The van der Waals surface area contributed by atoms with E-state index in [9.17, 15) is 9.59 Å². The van der Waals surface area contributed by atoms with Gasteiger partial charge in [0.15, 0.2) is 0 Å². The zero-order valence-corrected chi connectivity index (χ0v) is 16.7. The molecule has 2 rings (SSSR count). The lowest BCUT2D eigenvalue weighted by molar-refractivity contribution is 0.00450. The Hall–Kier alpha value is -1.00. The van der Waals surface area contributed by atoms with Crippen LogP contribution in [0.5, 0.6) is 0 Å². The van der Waals surface area contributed by atoms with Crippen LogP contribution in [-0.4, -0.2) is 60.8 Å². The fourth-order valence-electron chi connectivity index (χ4n) is 2.67. The Morgan fingerprint density at radius 1 is 1.50 bits per heavy atom. The minimum Gasteiger partial charge on any atom is -0.450 e. The Morgan fingerprint density at radius 2 is 2.21 bits per heavy atom. The molecule has 2 N–H and O–H groups in total. The standard InChI is InChI=1S/C15H21ClIN3O4/c1-4-24-15(22)20-6-5-9(10(7-20)23-3)19-14(21)13-11(16)12(17)8(2)18-13/h9-10,18H,4-7H2,1-3H3,(H,19,21)/t9-,10+/m0/s1. The lowest BCUT2D eigenvalue weighted by Crippen LogP contribution is -2.56. The lowest BCUT2D eigenvalue weighted by atomic mass is 10.0. The number of amides is 2. The second-order valence-electron chi connectivity index (χ2n) is 5.54. The van der Waals surface area contributed by atoms with E-state index < -0.39 is 0 Å². The number of aromatic nitrogens is 1. The van der Waals surface area contributed by atoms with Gasteiger partial charge in [0.05, 0.1) is 33.9 Å². The van der Waals surface area contributed by atoms with Gasteiger partial charge in [-0.25, -0.2) is 4.79 Å². The summed E-state index contributed by atoms with van der Waals surface area (Å²) in [6.07, 6.45) is -0.0831. The number of nitrogens with zero attached hydrogens (tertiary/aromatic N) is 1. The molecule has 2 atom stereocenters. The molecule has 1 aliphatic rings. The number of ether oxygens (including phenoxy) is 2. The van der Waals surface area contributed by atoms with Gasteiger partial charge in [0.25, 0.3) is 5.91 Å². The lowest BCUT2D eigenvalue weighted by Gasteiger charge is -2.37. The fraction of sp³-hybridized carbons (Fsp3) is 0.600. The van der Waals surface area contributed by atoms with Crippen LogP contribution in [0.2, 0.25) is 5.02 Å². The number of hydrogen-bond donors (Lipinski definition) is 2. The van der Waals surface area contributed by atoms with Gasteiger partial charge < -0.3 is 24.7 Å². The molecule has 2 amide bonds. The Balaban J connectivity index is 2.03. The summed E-state index contributed by atoms with van der Waals surface area (Å²) in [4.78, 5) is 28.9. The van der Waals surface area contributed by atoms with Crippen molar-refractivity contribution in [1.29, 1.82) is 0 Å². The van der Waals surface area contributed by atoms with Crippen molar-refractivity contribution in [2.24, 2.45) is 0 Å². The Labute approximate surface area is 159 Å². The number of H-pyrrole nitrogens is 1. The van der Waals surface area contributed by atoms with Crippen LogP contribution in [0.1, 0.15) is 29.5 Å². The first-order chi connectivity index (χ1) is 11.4. The van der Waals surface area contributed by atoms with E-state index in [2.05, 4.69) is 32.9 Å². The zero-order chi connectivity index (χ0) is 17.9. The van der Waals surface area contributed by atoms with E-state index in [4.69, 9.17) is 21.1 Å². The summed E-state index contributed by atoms with van der Waals surface area (Å²) >= 11 is 8.29. The van der Waals surface area contributed by atoms with Gasteiger partial charge in [-0.2, -0.15) is 0 Å². The van der Waals surface area contributed by atoms with Gasteiger partial charge in [-0.3, -0.25) is 4.79 Å². The number of aryl methyl sites for hydroxylation is 1. The molecule has 2 heterocycles. The first-order valence-electron chi connectivity index (χ1n) is 7.67. The molecule has 9 heteroatoms. The van der Waals surface area contributed by atoms with Crippen molar-refractivity contribution >= 4 is 46.2 Å². The largest absolute Gasteiger partial charge is 0.450 e. The van der Waals surface area contributed by atoms with Crippen molar-refractivity contribution < 1.29 is 19.1 Å². The summed E-state index contributed by atoms with van der Waals surface area (Å²) in [6, 6.07) is -0.203. The predicted molar refractivity (Wildman–Crippen MR) is 98.5 cm³/mol. The number of nitrogens with one attached hydrogen (secondary N) is 2. The second-order valence-corrected chi connectivity index (χ2v) is 7.00. The zero-order valence-electron chi connectivity index (χ0n) is 13.8. The van der Waals surface area contributed by atoms with Gasteiger partial charge in [-0.15, -0.1) is 0 Å². The molecule has 1 aromatic rings. The van der Waals surface area contributed by atoms with E-state index in [0.717, 1.165) is 9.26 Å². The smallest absolute Gasteiger partial charge is 0.409 e. The molecule has 0 aliphatic carbocycles. The number of methoxy groups -OCH3 is 1. The average molecular weight is 470 g/mol. The number of piperidine rings is 1. The molecule has 1 saturated heterocycles.